The second-order valence-electron chi connectivity index (χ2n) is 4.86. The molecule has 0 aliphatic heterocycles. The zero-order valence-electron chi connectivity index (χ0n) is 10.9. The Morgan fingerprint density at radius 2 is 2.26 bits per heavy atom. The van der Waals surface area contributed by atoms with E-state index in [1.165, 1.54) is 19.3 Å². The number of nitrogens with zero attached hydrogens (tertiary/aromatic N) is 3. The van der Waals surface area contributed by atoms with Crippen molar-refractivity contribution in [2.24, 2.45) is 5.92 Å². The number of hydrogen-bond acceptors (Lipinski definition) is 3. The molecule has 0 spiro atoms. The largest absolute Gasteiger partial charge is 0.382 e. The Morgan fingerprint density at radius 3 is 3.05 bits per heavy atom. The summed E-state index contributed by atoms with van der Waals surface area (Å²) >= 11 is 0. The number of rotatable bonds is 4. The van der Waals surface area contributed by atoms with Crippen LogP contribution in [0.25, 0.3) is 5.82 Å². The minimum Gasteiger partial charge on any atom is -0.382 e. The molecule has 0 fully saturated rings. The Balaban J connectivity index is 1.72. The van der Waals surface area contributed by atoms with Crippen LogP contribution in [0, 0.1) is 5.92 Å². The van der Waals surface area contributed by atoms with Crippen LogP contribution in [0.5, 0.6) is 0 Å². The lowest BCUT2D eigenvalue weighted by Gasteiger charge is -2.19. The van der Waals surface area contributed by atoms with Crippen molar-refractivity contribution in [3.05, 3.63) is 48.9 Å². The van der Waals surface area contributed by atoms with Gasteiger partial charge in [-0.2, -0.15) is 5.10 Å². The highest BCUT2D eigenvalue weighted by Gasteiger charge is 2.11. The predicted molar refractivity (Wildman–Crippen MR) is 76.3 cm³/mol. The molecule has 0 aromatic carbocycles. The van der Waals surface area contributed by atoms with Crippen LogP contribution < -0.4 is 5.32 Å². The van der Waals surface area contributed by atoms with E-state index in [1.54, 1.807) is 17.1 Å². The first-order valence-corrected chi connectivity index (χ1v) is 6.77. The normalized spacial score (nSPS) is 18.4. The van der Waals surface area contributed by atoms with E-state index in [-0.39, 0.29) is 0 Å². The average Bonchev–Trinajstić information content (AvgIpc) is 3.01. The van der Waals surface area contributed by atoms with Crippen LogP contribution in [0.15, 0.2) is 48.9 Å². The Morgan fingerprint density at radius 1 is 1.26 bits per heavy atom. The molecular formula is C15H18N4. The van der Waals surface area contributed by atoms with Gasteiger partial charge in [-0.25, -0.2) is 9.67 Å². The minimum atomic E-state index is 0.718. The van der Waals surface area contributed by atoms with Crippen molar-refractivity contribution in [2.75, 3.05) is 11.9 Å². The molecule has 1 atom stereocenters. The molecule has 0 amide bonds. The summed E-state index contributed by atoms with van der Waals surface area (Å²) in [4.78, 5) is 4.41. The molecule has 2 aromatic rings. The van der Waals surface area contributed by atoms with Crippen molar-refractivity contribution in [2.45, 2.75) is 19.3 Å². The molecule has 4 heteroatoms. The molecule has 0 saturated heterocycles. The van der Waals surface area contributed by atoms with E-state index < -0.39 is 0 Å². The number of pyridine rings is 1. The average molecular weight is 254 g/mol. The lowest BCUT2D eigenvalue weighted by molar-refractivity contribution is 0.504. The maximum absolute atomic E-state index is 4.41. The maximum Gasteiger partial charge on any atom is 0.176 e. The van der Waals surface area contributed by atoms with Gasteiger partial charge in [0.15, 0.2) is 5.82 Å². The van der Waals surface area contributed by atoms with Gasteiger partial charge in [0, 0.05) is 25.1 Å². The highest BCUT2D eigenvalue weighted by Crippen LogP contribution is 2.21. The van der Waals surface area contributed by atoms with Crippen LogP contribution in [-0.2, 0) is 0 Å². The van der Waals surface area contributed by atoms with Crippen molar-refractivity contribution in [3.63, 3.8) is 0 Å². The maximum atomic E-state index is 4.41. The fourth-order valence-corrected chi connectivity index (χ4v) is 2.41. The summed E-state index contributed by atoms with van der Waals surface area (Å²) in [5.41, 5.74) is 1.04. The number of allylic oxidation sites excluding steroid dienone is 2. The molecule has 1 unspecified atom stereocenters. The molecule has 0 saturated carbocycles. The lowest BCUT2D eigenvalue weighted by Crippen LogP contribution is -2.16. The summed E-state index contributed by atoms with van der Waals surface area (Å²) < 4.78 is 1.79. The number of aromatic nitrogens is 3. The monoisotopic (exact) mass is 254 g/mol. The first-order valence-electron chi connectivity index (χ1n) is 6.77. The molecule has 0 bridgehead atoms. The molecule has 4 nitrogen and oxygen atoms in total. The summed E-state index contributed by atoms with van der Waals surface area (Å²) in [6, 6.07) is 5.92. The molecule has 1 aliphatic carbocycles. The van der Waals surface area contributed by atoms with Crippen LogP contribution in [0.1, 0.15) is 19.3 Å². The van der Waals surface area contributed by atoms with Gasteiger partial charge in [0.05, 0.1) is 5.69 Å². The van der Waals surface area contributed by atoms with Crippen LogP contribution >= 0.6 is 0 Å². The van der Waals surface area contributed by atoms with Crippen LogP contribution in [0.3, 0.4) is 0 Å². The third-order valence-corrected chi connectivity index (χ3v) is 3.47. The Kier molecular flexibility index (Phi) is 3.58. The van der Waals surface area contributed by atoms with Gasteiger partial charge in [-0.1, -0.05) is 12.2 Å². The summed E-state index contributed by atoms with van der Waals surface area (Å²) in [7, 11) is 0. The molecule has 19 heavy (non-hydrogen) atoms. The molecule has 2 aromatic heterocycles. The van der Waals surface area contributed by atoms with Crippen molar-refractivity contribution < 1.29 is 0 Å². The molecule has 98 valence electrons. The molecule has 2 heterocycles. The second kappa shape index (κ2) is 5.69. The van der Waals surface area contributed by atoms with Crippen molar-refractivity contribution >= 4 is 5.69 Å². The Bertz CT molecular complexity index is 545. The van der Waals surface area contributed by atoms with Gasteiger partial charge in [-0.05, 0) is 43.4 Å². The van der Waals surface area contributed by atoms with Gasteiger partial charge in [0.25, 0.3) is 0 Å². The first-order chi connectivity index (χ1) is 9.43. The molecule has 3 rings (SSSR count). The highest BCUT2D eigenvalue weighted by atomic mass is 15.3. The number of nitrogens with one attached hydrogen (secondary N) is 1. The van der Waals surface area contributed by atoms with E-state index in [0.29, 0.717) is 0 Å². The van der Waals surface area contributed by atoms with Gasteiger partial charge < -0.3 is 5.32 Å². The second-order valence-corrected chi connectivity index (χ2v) is 4.86. The minimum absolute atomic E-state index is 0.718. The van der Waals surface area contributed by atoms with E-state index in [9.17, 15) is 0 Å². The zero-order chi connectivity index (χ0) is 12.9. The van der Waals surface area contributed by atoms with E-state index in [0.717, 1.165) is 24.0 Å². The van der Waals surface area contributed by atoms with Crippen LogP contribution in [-0.4, -0.2) is 21.3 Å². The quantitative estimate of drug-likeness (QED) is 0.853. The van der Waals surface area contributed by atoms with Gasteiger partial charge in [0.1, 0.15) is 0 Å². The standard InChI is InChI=1S/C15H18N4/c1-2-6-13(7-3-1)12-17-14-8-4-9-16-15(14)19-11-5-10-18-19/h1-2,4-5,8-11,13,17H,3,6-7,12H2. The predicted octanol–water partition coefficient (Wildman–Crippen LogP) is 3.04. The van der Waals surface area contributed by atoms with Crippen LogP contribution in [0.4, 0.5) is 5.69 Å². The van der Waals surface area contributed by atoms with E-state index in [1.807, 2.05) is 18.3 Å². The summed E-state index contributed by atoms with van der Waals surface area (Å²) in [5, 5.41) is 7.76. The third kappa shape index (κ3) is 2.84. The molecule has 0 radical (unpaired) electrons. The van der Waals surface area contributed by atoms with Crippen LogP contribution in [0.2, 0.25) is 0 Å². The third-order valence-electron chi connectivity index (χ3n) is 3.47. The zero-order valence-corrected chi connectivity index (χ0v) is 10.9. The van der Waals surface area contributed by atoms with E-state index in [2.05, 4.69) is 33.6 Å². The fourth-order valence-electron chi connectivity index (χ4n) is 2.41. The molecular weight excluding hydrogens is 236 g/mol. The Hall–Kier alpha value is -2.10. The van der Waals surface area contributed by atoms with Crippen molar-refractivity contribution in [1.82, 2.24) is 14.8 Å². The molecule has 1 aliphatic rings. The summed E-state index contributed by atoms with van der Waals surface area (Å²) in [6.45, 7) is 0.990. The van der Waals surface area contributed by atoms with Crippen molar-refractivity contribution in [3.8, 4) is 5.82 Å². The Labute approximate surface area is 113 Å². The van der Waals surface area contributed by atoms with Crippen molar-refractivity contribution in [1.29, 1.82) is 0 Å². The molecule has 1 N–H and O–H groups in total. The summed E-state index contributed by atoms with van der Waals surface area (Å²) in [5.74, 6) is 1.58. The number of hydrogen-bond donors (Lipinski definition) is 1. The first kappa shape index (κ1) is 12.0. The lowest BCUT2D eigenvalue weighted by atomic mass is 9.94. The van der Waals surface area contributed by atoms with Gasteiger partial charge in [0.2, 0.25) is 0 Å². The van der Waals surface area contributed by atoms with E-state index in [4.69, 9.17) is 0 Å². The highest BCUT2D eigenvalue weighted by molar-refractivity contribution is 5.56. The summed E-state index contributed by atoms with van der Waals surface area (Å²) in [6.07, 6.45) is 13.7. The topological polar surface area (TPSA) is 42.7 Å². The number of anilines is 1. The SMILES string of the molecule is C1=CCC(CNc2cccnc2-n2cccn2)CC1. The van der Waals surface area contributed by atoms with Gasteiger partial charge in [-0.3, -0.25) is 0 Å². The smallest absolute Gasteiger partial charge is 0.176 e. The van der Waals surface area contributed by atoms with E-state index >= 15 is 0 Å². The van der Waals surface area contributed by atoms with Gasteiger partial charge >= 0.3 is 0 Å². The van der Waals surface area contributed by atoms with Gasteiger partial charge in [-0.15, -0.1) is 0 Å². The fraction of sp³-hybridized carbons (Fsp3) is 0.333.